The Kier molecular flexibility index (Phi) is 10.5. The second kappa shape index (κ2) is 13.8. The summed E-state index contributed by atoms with van der Waals surface area (Å²) in [5, 5.41) is 13.0. The second-order valence-electron chi connectivity index (χ2n) is 22.2. The molecule has 0 bridgehead atoms. The molecule has 0 unspecified atom stereocenters. The molecule has 1 amide bonds. The van der Waals surface area contributed by atoms with Crippen LogP contribution in [0, 0.1) is 62.1 Å². The lowest BCUT2D eigenvalue weighted by molar-refractivity contribution is -0.250. The molecule has 5 fully saturated rings. The van der Waals surface area contributed by atoms with E-state index in [0.717, 1.165) is 44.1 Å². The standard InChI is InChI=1S/C48H73NO5/c1-30(2)33-19-24-48(27-38(50)49-29-31-13-15-32(16-14-31)42(3,4)5)26-25-46(11)34(40(33)48)17-18-36-45(10)22-21-37(54-39(51)28-43(6,7)41(52)53)44(8,9)35(45)20-23-47(36,46)12/h13-16,33-37,40H,1,17-29H2,2-12H3,(H,49,50)(H,52,53)/t33-,34+,35-,36+,37-,40+,45-,46+,47+,48+/m0/s1. The molecule has 5 aliphatic rings. The predicted molar refractivity (Wildman–Crippen MR) is 216 cm³/mol. The summed E-state index contributed by atoms with van der Waals surface area (Å²) in [6, 6.07) is 8.73. The summed E-state index contributed by atoms with van der Waals surface area (Å²) in [5.41, 5.74) is 3.05. The number of amides is 1. The van der Waals surface area contributed by atoms with Gasteiger partial charge in [0, 0.05) is 18.4 Å². The highest BCUT2D eigenvalue weighted by Gasteiger charge is 2.71. The number of allylic oxidation sites excluding steroid dienone is 1. The number of hydrogen-bond acceptors (Lipinski definition) is 4. The van der Waals surface area contributed by atoms with Gasteiger partial charge in [0.2, 0.25) is 5.91 Å². The number of rotatable bonds is 9. The van der Waals surface area contributed by atoms with E-state index in [1.165, 1.54) is 36.8 Å². The first-order valence-electron chi connectivity index (χ1n) is 21.4. The van der Waals surface area contributed by atoms with Gasteiger partial charge in [0.25, 0.3) is 0 Å². The minimum atomic E-state index is -1.14. The quantitative estimate of drug-likeness (QED) is 0.194. The number of esters is 1. The van der Waals surface area contributed by atoms with Gasteiger partial charge in [0.15, 0.2) is 0 Å². The maximum absolute atomic E-state index is 13.9. The molecule has 54 heavy (non-hydrogen) atoms. The maximum atomic E-state index is 13.9. The third-order valence-corrected chi connectivity index (χ3v) is 17.4. The zero-order valence-corrected chi connectivity index (χ0v) is 35.8. The zero-order chi connectivity index (χ0) is 39.9. The molecular weight excluding hydrogens is 671 g/mol. The Morgan fingerprint density at radius 3 is 2.11 bits per heavy atom. The molecule has 0 aliphatic heterocycles. The van der Waals surface area contributed by atoms with Gasteiger partial charge in [0.1, 0.15) is 6.10 Å². The van der Waals surface area contributed by atoms with Gasteiger partial charge >= 0.3 is 11.9 Å². The van der Waals surface area contributed by atoms with E-state index in [-0.39, 0.29) is 50.9 Å². The highest BCUT2D eigenvalue weighted by Crippen LogP contribution is 2.78. The number of carboxylic acids is 1. The van der Waals surface area contributed by atoms with Crippen molar-refractivity contribution in [3.63, 3.8) is 0 Å². The van der Waals surface area contributed by atoms with E-state index >= 15 is 0 Å². The van der Waals surface area contributed by atoms with Gasteiger partial charge in [-0.25, -0.2) is 0 Å². The fourth-order valence-corrected chi connectivity index (χ4v) is 14.1. The molecule has 1 aromatic rings. The van der Waals surface area contributed by atoms with Crippen molar-refractivity contribution in [2.75, 3.05) is 0 Å². The molecule has 0 heterocycles. The average Bonchev–Trinajstić information content (AvgIpc) is 3.44. The number of benzene rings is 1. The zero-order valence-electron chi connectivity index (χ0n) is 35.8. The predicted octanol–water partition coefficient (Wildman–Crippen LogP) is 11.1. The fourth-order valence-electron chi connectivity index (χ4n) is 14.1. The Balaban J connectivity index is 1.20. The first kappa shape index (κ1) is 41.0. The number of carbonyl (C=O) groups excluding carboxylic acids is 2. The van der Waals surface area contributed by atoms with Crippen LogP contribution in [-0.2, 0) is 31.1 Å². The van der Waals surface area contributed by atoms with Crippen molar-refractivity contribution < 1.29 is 24.2 Å². The van der Waals surface area contributed by atoms with Crippen LogP contribution in [0.4, 0.5) is 0 Å². The molecule has 0 spiro atoms. The van der Waals surface area contributed by atoms with Crippen molar-refractivity contribution >= 4 is 17.8 Å². The van der Waals surface area contributed by atoms with Gasteiger partial charge in [-0.1, -0.05) is 91.8 Å². The van der Waals surface area contributed by atoms with Crippen molar-refractivity contribution in [1.29, 1.82) is 0 Å². The van der Waals surface area contributed by atoms with E-state index in [1.54, 1.807) is 13.8 Å². The smallest absolute Gasteiger partial charge is 0.309 e. The monoisotopic (exact) mass is 744 g/mol. The van der Waals surface area contributed by atoms with Crippen molar-refractivity contribution in [1.82, 2.24) is 5.32 Å². The topological polar surface area (TPSA) is 92.7 Å². The van der Waals surface area contributed by atoms with Crippen LogP contribution in [0.1, 0.15) is 164 Å². The molecule has 0 radical (unpaired) electrons. The minimum Gasteiger partial charge on any atom is -0.481 e. The lowest BCUT2D eigenvalue weighted by Crippen LogP contribution is -2.67. The van der Waals surface area contributed by atoms with Crippen molar-refractivity contribution in [3.05, 3.63) is 47.5 Å². The van der Waals surface area contributed by atoms with E-state index in [0.29, 0.717) is 42.6 Å². The Labute approximate surface area is 327 Å². The van der Waals surface area contributed by atoms with Crippen LogP contribution in [0.2, 0.25) is 0 Å². The summed E-state index contributed by atoms with van der Waals surface area (Å²) < 4.78 is 6.19. The molecule has 0 aromatic heterocycles. The molecule has 6 rings (SSSR count). The van der Waals surface area contributed by atoms with Gasteiger partial charge in [-0.05, 0) is 153 Å². The number of ether oxygens (including phenoxy) is 1. The highest BCUT2D eigenvalue weighted by atomic mass is 16.5. The van der Waals surface area contributed by atoms with Crippen LogP contribution < -0.4 is 5.32 Å². The van der Waals surface area contributed by atoms with Crippen LogP contribution in [0.3, 0.4) is 0 Å². The molecule has 5 aliphatic carbocycles. The van der Waals surface area contributed by atoms with Crippen LogP contribution >= 0.6 is 0 Å². The van der Waals surface area contributed by atoms with E-state index in [9.17, 15) is 19.5 Å². The van der Waals surface area contributed by atoms with Crippen molar-refractivity contribution in [2.45, 2.75) is 171 Å². The van der Waals surface area contributed by atoms with Gasteiger partial charge < -0.3 is 15.2 Å². The molecule has 1 aromatic carbocycles. The Morgan fingerprint density at radius 2 is 1.50 bits per heavy atom. The highest BCUT2D eigenvalue weighted by molar-refractivity contribution is 5.81. The van der Waals surface area contributed by atoms with E-state index in [1.807, 2.05) is 0 Å². The number of fused-ring (bicyclic) bond motifs is 7. The summed E-state index contributed by atoms with van der Waals surface area (Å²) >= 11 is 0. The Bertz CT molecular complexity index is 1630. The van der Waals surface area contributed by atoms with Crippen LogP contribution in [-0.4, -0.2) is 29.1 Å². The number of aliphatic carboxylic acids is 1. The van der Waals surface area contributed by atoms with Crippen LogP contribution in [0.15, 0.2) is 36.4 Å². The van der Waals surface area contributed by atoms with E-state index < -0.39 is 17.4 Å². The van der Waals surface area contributed by atoms with Crippen molar-refractivity contribution in [3.8, 4) is 0 Å². The molecule has 10 atom stereocenters. The van der Waals surface area contributed by atoms with Crippen molar-refractivity contribution in [2.24, 2.45) is 62.1 Å². The number of hydrogen-bond donors (Lipinski definition) is 2. The summed E-state index contributed by atoms with van der Waals surface area (Å²) in [4.78, 5) is 38.8. The Hall–Kier alpha value is -2.63. The van der Waals surface area contributed by atoms with E-state index in [4.69, 9.17) is 4.74 Å². The van der Waals surface area contributed by atoms with Crippen LogP contribution in [0.25, 0.3) is 0 Å². The summed E-state index contributed by atoms with van der Waals surface area (Å²) in [6.45, 7) is 29.7. The molecular formula is C48H73NO5. The normalized spacial score (nSPS) is 38.6. The summed E-state index contributed by atoms with van der Waals surface area (Å²) in [7, 11) is 0. The molecule has 6 nitrogen and oxygen atoms in total. The SMILES string of the molecule is C=C(C)[C@@H]1CC[C@]2(CC(=O)NCc3ccc(C(C)(C)C)cc3)CC[C@]3(C)[C@H](CC[C@@H]4[C@@]5(C)CC[C@H](OC(=O)CC(C)(C)C(=O)O)C(C)(C)[C@@H]5CC[C@]43C)[C@@H]12. The number of nitrogens with one attached hydrogen (secondary N) is 1. The van der Waals surface area contributed by atoms with E-state index in [2.05, 4.69) is 98.5 Å². The number of carbonyl (C=O) groups is 3. The fraction of sp³-hybridized carbons (Fsp3) is 0.771. The lowest BCUT2D eigenvalue weighted by Gasteiger charge is -2.73. The van der Waals surface area contributed by atoms with Gasteiger partial charge in [-0.2, -0.15) is 0 Å². The molecule has 0 saturated heterocycles. The molecule has 5 saturated carbocycles. The van der Waals surface area contributed by atoms with Crippen LogP contribution in [0.5, 0.6) is 0 Å². The Morgan fingerprint density at radius 1 is 0.833 bits per heavy atom. The average molecular weight is 744 g/mol. The molecule has 300 valence electrons. The molecule has 6 heteroatoms. The first-order chi connectivity index (χ1) is 24.9. The molecule has 2 N–H and O–H groups in total. The summed E-state index contributed by atoms with van der Waals surface area (Å²) in [6.07, 6.45) is 11.4. The largest absolute Gasteiger partial charge is 0.481 e. The summed E-state index contributed by atoms with van der Waals surface area (Å²) in [5.74, 6) is 1.35. The van der Waals surface area contributed by atoms with Gasteiger partial charge in [-0.15, -0.1) is 0 Å². The van der Waals surface area contributed by atoms with Gasteiger partial charge in [-0.3, -0.25) is 14.4 Å². The maximum Gasteiger partial charge on any atom is 0.309 e. The second-order valence-corrected chi connectivity index (χ2v) is 22.2. The third-order valence-electron chi connectivity index (χ3n) is 17.4. The third kappa shape index (κ3) is 6.69. The number of carboxylic acid groups (broad SMARTS) is 1. The van der Waals surface area contributed by atoms with Gasteiger partial charge in [0.05, 0.1) is 11.8 Å². The lowest BCUT2D eigenvalue weighted by atomic mass is 9.32. The first-order valence-corrected chi connectivity index (χ1v) is 21.4. The minimum absolute atomic E-state index is 0.0252.